The molecule has 0 aliphatic heterocycles. The molecule has 116 valence electrons. The molecule has 0 aromatic rings. The van der Waals surface area contributed by atoms with Crippen LogP contribution >= 0.6 is 0 Å². The van der Waals surface area contributed by atoms with Gasteiger partial charge >= 0.3 is 0 Å². The second kappa shape index (κ2) is 5.11. The van der Waals surface area contributed by atoms with E-state index in [-0.39, 0.29) is 11.3 Å². The molecule has 2 bridgehead atoms. The molecular weight excluding hydrogens is 274 g/mol. The van der Waals surface area contributed by atoms with E-state index in [1.165, 1.54) is 36.0 Å². The molecule has 4 unspecified atom stereocenters. The van der Waals surface area contributed by atoms with Crippen LogP contribution in [-0.2, 0) is 4.79 Å². The minimum atomic E-state index is -0.915. The zero-order chi connectivity index (χ0) is 15.4. The maximum atomic E-state index is 12.7. The molecule has 3 rings (SSSR count). The maximum absolute atomic E-state index is 12.7. The average molecular weight is 304 g/mol. The molecule has 2 nitrogen and oxygen atoms in total. The highest BCUT2D eigenvalue weighted by Crippen LogP contribution is 2.68. The Morgan fingerprint density at radius 2 is 2.14 bits per heavy atom. The molecule has 3 heteroatoms. The molecular formula is C18H29NOSi. The van der Waals surface area contributed by atoms with Gasteiger partial charge in [-0.3, -0.25) is 4.79 Å². The number of carbonyl (C=O) groups excluding carboxylic acids is 1. The molecule has 2 fully saturated rings. The largest absolute Gasteiger partial charge is 0.369 e. The summed E-state index contributed by atoms with van der Waals surface area (Å²) in [6, 6.07) is 0. The fraction of sp³-hybridized carbons (Fsp3) is 0.722. The fourth-order valence-electron chi connectivity index (χ4n) is 5.92. The molecule has 3 aliphatic carbocycles. The Morgan fingerprint density at radius 1 is 1.43 bits per heavy atom. The van der Waals surface area contributed by atoms with Crippen LogP contribution in [0.3, 0.4) is 0 Å². The van der Waals surface area contributed by atoms with Crippen molar-refractivity contribution in [3.63, 3.8) is 0 Å². The second-order valence-corrected chi connectivity index (χ2v) is 11.0. The first-order chi connectivity index (χ1) is 9.92. The van der Waals surface area contributed by atoms with Crippen LogP contribution in [0, 0.1) is 17.3 Å². The van der Waals surface area contributed by atoms with Crippen molar-refractivity contribution in [2.24, 2.45) is 23.0 Å². The van der Waals surface area contributed by atoms with Crippen LogP contribution in [0.1, 0.15) is 46.0 Å². The van der Waals surface area contributed by atoms with Crippen LogP contribution in [0.15, 0.2) is 22.8 Å². The molecule has 0 saturated heterocycles. The quantitative estimate of drug-likeness (QED) is 0.789. The first-order valence-electron chi connectivity index (χ1n) is 8.62. The number of carbonyl (C=O) groups is 1. The van der Waals surface area contributed by atoms with Gasteiger partial charge in [0.05, 0.1) is 5.41 Å². The summed E-state index contributed by atoms with van der Waals surface area (Å²) in [5.74, 6) is 1.27. The van der Waals surface area contributed by atoms with E-state index >= 15 is 0 Å². The van der Waals surface area contributed by atoms with Gasteiger partial charge in [0, 0.05) is 8.80 Å². The van der Waals surface area contributed by atoms with Gasteiger partial charge in [0.1, 0.15) is 0 Å². The van der Waals surface area contributed by atoms with Crippen molar-refractivity contribution in [2.45, 2.75) is 64.6 Å². The Balaban J connectivity index is 2.08. The van der Waals surface area contributed by atoms with Gasteiger partial charge in [-0.15, -0.1) is 0 Å². The van der Waals surface area contributed by atoms with E-state index in [2.05, 4.69) is 33.0 Å². The molecule has 1 amide bonds. The van der Waals surface area contributed by atoms with E-state index in [1.54, 1.807) is 0 Å². The zero-order valence-corrected chi connectivity index (χ0v) is 15.1. The van der Waals surface area contributed by atoms with Crippen molar-refractivity contribution >= 4 is 14.7 Å². The summed E-state index contributed by atoms with van der Waals surface area (Å²) in [6.45, 7) is 9.27. The Bertz CT molecular complexity index is 533. The van der Waals surface area contributed by atoms with Gasteiger partial charge in [0.25, 0.3) is 0 Å². The van der Waals surface area contributed by atoms with Crippen molar-refractivity contribution in [1.82, 2.24) is 0 Å². The van der Waals surface area contributed by atoms with Crippen LogP contribution < -0.4 is 5.73 Å². The van der Waals surface area contributed by atoms with E-state index in [4.69, 9.17) is 5.73 Å². The van der Waals surface area contributed by atoms with Crippen molar-refractivity contribution in [2.75, 3.05) is 0 Å². The van der Waals surface area contributed by atoms with Crippen LogP contribution in [0.5, 0.6) is 0 Å². The number of fused-ring (bicyclic) bond motifs is 2. The molecule has 3 aliphatic rings. The van der Waals surface area contributed by atoms with Crippen LogP contribution in [-0.4, -0.2) is 14.7 Å². The van der Waals surface area contributed by atoms with Crippen molar-refractivity contribution in [3.05, 3.63) is 22.8 Å². The Morgan fingerprint density at radius 3 is 2.67 bits per heavy atom. The SMILES string of the molecule is CCC1=C(C)CC(C2(C(N)=O)C3CCC(C3)C2[SiH](C)C)=C1. The molecule has 21 heavy (non-hydrogen) atoms. The molecule has 0 heterocycles. The topological polar surface area (TPSA) is 43.1 Å². The Hall–Kier alpha value is -0.833. The lowest BCUT2D eigenvalue weighted by Crippen LogP contribution is -2.49. The third-order valence-electron chi connectivity index (χ3n) is 6.54. The minimum absolute atomic E-state index is 0.0164. The average Bonchev–Trinajstić information content (AvgIpc) is 3.09. The van der Waals surface area contributed by atoms with Crippen molar-refractivity contribution in [3.8, 4) is 0 Å². The van der Waals surface area contributed by atoms with Gasteiger partial charge in [-0.25, -0.2) is 0 Å². The molecule has 0 radical (unpaired) electrons. The summed E-state index contributed by atoms with van der Waals surface area (Å²) < 4.78 is 0. The lowest BCUT2D eigenvalue weighted by molar-refractivity contribution is -0.128. The van der Waals surface area contributed by atoms with Gasteiger partial charge < -0.3 is 5.73 Å². The standard InChI is InChI=1S/C18H29NOSi/c1-5-12-9-15(8-11(12)2)18(17(19)20)14-7-6-13(10-14)16(18)21(3)4/h9,13-14,16,21H,5-8,10H2,1-4H3,(H2,19,20). The number of hydrogen-bond acceptors (Lipinski definition) is 1. The van der Waals surface area contributed by atoms with Gasteiger partial charge in [0.2, 0.25) is 5.91 Å². The van der Waals surface area contributed by atoms with Gasteiger partial charge in [-0.1, -0.05) is 43.7 Å². The van der Waals surface area contributed by atoms with Gasteiger partial charge in [0.15, 0.2) is 0 Å². The van der Waals surface area contributed by atoms with Crippen LogP contribution in [0.4, 0.5) is 0 Å². The molecule has 0 spiro atoms. The predicted octanol–water partition coefficient (Wildman–Crippen LogP) is 3.80. The van der Waals surface area contributed by atoms with E-state index in [0.717, 1.165) is 18.8 Å². The first-order valence-corrected chi connectivity index (χ1v) is 11.6. The van der Waals surface area contributed by atoms with Crippen LogP contribution in [0.25, 0.3) is 0 Å². The van der Waals surface area contributed by atoms with Crippen molar-refractivity contribution in [1.29, 1.82) is 0 Å². The highest BCUT2D eigenvalue weighted by molar-refractivity contribution is 6.58. The number of nitrogens with two attached hydrogens (primary N) is 1. The van der Waals surface area contributed by atoms with E-state index in [0.29, 0.717) is 11.5 Å². The molecule has 0 aromatic heterocycles. The van der Waals surface area contributed by atoms with E-state index in [9.17, 15) is 4.79 Å². The van der Waals surface area contributed by atoms with E-state index in [1.807, 2.05) is 0 Å². The number of rotatable bonds is 4. The summed E-state index contributed by atoms with van der Waals surface area (Å²) in [7, 11) is -0.915. The lowest BCUT2D eigenvalue weighted by atomic mass is 9.66. The van der Waals surface area contributed by atoms with Crippen LogP contribution in [0.2, 0.25) is 18.6 Å². The lowest BCUT2D eigenvalue weighted by Gasteiger charge is -2.45. The Labute approximate surface area is 130 Å². The second-order valence-electron chi connectivity index (χ2n) is 7.78. The molecule has 4 atom stereocenters. The third-order valence-corrected chi connectivity index (χ3v) is 9.05. The normalized spacial score (nSPS) is 38.5. The van der Waals surface area contributed by atoms with Crippen molar-refractivity contribution < 1.29 is 4.79 Å². The monoisotopic (exact) mass is 303 g/mol. The minimum Gasteiger partial charge on any atom is -0.369 e. The summed E-state index contributed by atoms with van der Waals surface area (Å²) in [5.41, 5.74) is 10.7. The first kappa shape index (κ1) is 15.1. The smallest absolute Gasteiger partial charge is 0.228 e. The Kier molecular flexibility index (Phi) is 3.67. The summed E-state index contributed by atoms with van der Waals surface area (Å²) in [6.07, 6.45) is 8.20. The third kappa shape index (κ3) is 1.93. The van der Waals surface area contributed by atoms with E-state index < -0.39 is 8.80 Å². The zero-order valence-electron chi connectivity index (χ0n) is 13.9. The highest BCUT2D eigenvalue weighted by atomic mass is 28.3. The van der Waals surface area contributed by atoms with Gasteiger partial charge in [-0.05, 0) is 55.6 Å². The highest BCUT2D eigenvalue weighted by Gasteiger charge is 2.63. The number of allylic oxidation sites excluding steroid dienone is 3. The summed E-state index contributed by atoms with van der Waals surface area (Å²) >= 11 is 0. The summed E-state index contributed by atoms with van der Waals surface area (Å²) in [5, 5.41) is 0. The predicted molar refractivity (Wildman–Crippen MR) is 90.8 cm³/mol. The fourth-order valence-corrected chi connectivity index (χ4v) is 9.06. The van der Waals surface area contributed by atoms with Gasteiger partial charge in [-0.2, -0.15) is 0 Å². The number of primary amides is 1. The maximum Gasteiger partial charge on any atom is 0.228 e. The number of amides is 1. The molecule has 2 saturated carbocycles. The molecule has 0 aromatic carbocycles. The molecule has 2 N–H and O–H groups in total. The number of hydrogen-bond donors (Lipinski definition) is 1. The summed E-state index contributed by atoms with van der Waals surface area (Å²) in [4.78, 5) is 12.7.